The van der Waals surface area contributed by atoms with E-state index in [1.807, 2.05) is 66.7 Å². The minimum atomic E-state index is -1.19. The van der Waals surface area contributed by atoms with Gasteiger partial charge in [0.05, 0.1) is 12.7 Å². The number of carbonyl (C=O) groups excluding carboxylic acids is 2. The van der Waals surface area contributed by atoms with Crippen LogP contribution in [-0.4, -0.2) is 47.9 Å². The van der Waals surface area contributed by atoms with E-state index in [9.17, 15) is 19.5 Å². The summed E-state index contributed by atoms with van der Waals surface area (Å²) in [7, 11) is 0. The quantitative estimate of drug-likeness (QED) is 0.327. The monoisotopic (exact) mass is 544 g/mol. The third-order valence-electron chi connectivity index (χ3n) is 7.12. The molecule has 0 bridgehead atoms. The van der Waals surface area contributed by atoms with Crippen LogP contribution in [0.2, 0.25) is 0 Å². The summed E-state index contributed by atoms with van der Waals surface area (Å²) in [5, 5.41) is 14.9. The lowest BCUT2D eigenvalue weighted by molar-refractivity contribution is -0.146. The summed E-state index contributed by atoms with van der Waals surface area (Å²) >= 11 is 0. The molecule has 1 aliphatic carbocycles. The van der Waals surface area contributed by atoms with E-state index in [0.29, 0.717) is 0 Å². The van der Waals surface area contributed by atoms with Crippen LogP contribution in [0.3, 0.4) is 0 Å². The molecule has 3 atom stereocenters. The van der Waals surface area contributed by atoms with Gasteiger partial charge in [-0.1, -0.05) is 99.6 Å². The lowest BCUT2D eigenvalue weighted by Gasteiger charge is -2.31. The molecule has 0 fully saturated rings. The van der Waals surface area contributed by atoms with Crippen LogP contribution in [0.15, 0.2) is 78.9 Å². The molecule has 0 heterocycles. The second-order valence-electron chi connectivity index (χ2n) is 11.1. The zero-order chi connectivity index (χ0) is 28.9. The molecule has 0 saturated carbocycles. The summed E-state index contributed by atoms with van der Waals surface area (Å²) in [5.74, 6) is -1.98. The highest BCUT2D eigenvalue weighted by Gasteiger charge is 2.37. The lowest BCUT2D eigenvalue weighted by atomic mass is 9.86. The molecule has 0 saturated heterocycles. The van der Waals surface area contributed by atoms with E-state index < -0.39 is 41.6 Å². The first kappa shape index (κ1) is 28.8. The summed E-state index contributed by atoms with van der Waals surface area (Å²) in [6, 6.07) is 23.1. The van der Waals surface area contributed by atoms with Crippen molar-refractivity contribution in [2.45, 2.75) is 58.4 Å². The highest BCUT2D eigenvalue weighted by Crippen LogP contribution is 2.44. The van der Waals surface area contributed by atoms with Crippen molar-refractivity contribution in [2.24, 2.45) is 5.41 Å². The number of carboxylic acid groups (broad SMARTS) is 1. The average Bonchev–Trinajstić information content (AvgIpc) is 3.25. The van der Waals surface area contributed by atoms with Crippen LogP contribution in [0, 0.1) is 5.41 Å². The molecule has 3 N–H and O–H groups in total. The van der Waals surface area contributed by atoms with Gasteiger partial charge in [-0.25, -0.2) is 9.59 Å². The van der Waals surface area contributed by atoms with Gasteiger partial charge in [-0.15, -0.1) is 0 Å². The van der Waals surface area contributed by atoms with Crippen molar-refractivity contribution in [1.82, 2.24) is 10.6 Å². The van der Waals surface area contributed by atoms with Crippen LogP contribution in [0.1, 0.15) is 50.3 Å². The first-order valence-corrected chi connectivity index (χ1v) is 13.4. The Labute approximate surface area is 234 Å². The highest BCUT2D eigenvalue weighted by atomic mass is 16.5. The Morgan fingerprint density at radius 1 is 0.850 bits per heavy atom. The maximum Gasteiger partial charge on any atom is 0.407 e. The van der Waals surface area contributed by atoms with Gasteiger partial charge in [0.25, 0.3) is 0 Å². The second kappa shape index (κ2) is 12.3. The van der Waals surface area contributed by atoms with Crippen molar-refractivity contribution in [3.63, 3.8) is 0 Å². The Bertz CT molecular complexity index is 1310. The number of hydrogen-bond donors (Lipinski definition) is 3. The standard InChI is InChI=1S/C32H36N2O6/c1-20(39-18-21-12-6-5-7-13-21)27(29(35)34-28(30(36)37)32(2,3)4)33-31(38)40-19-26-24-16-10-8-14-22(24)23-15-9-11-17-25(23)26/h5-17,20,26-28H,18-19H2,1-4H3,(H,33,38)(H,34,35)(H,36,37)/t20-,27+,28+/m0/s1. The number of nitrogens with one attached hydrogen (secondary N) is 2. The van der Waals surface area contributed by atoms with E-state index in [0.717, 1.165) is 27.8 Å². The van der Waals surface area contributed by atoms with Gasteiger partial charge in [-0.05, 0) is 40.2 Å². The zero-order valence-electron chi connectivity index (χ0n) is 23.2. The van der Waals surface area contributed by atoms with Crippen LogP contribution < -0.4 is 10.6 Å². The number of hydrogen-bond acceptors (Lipinski definition) is 5. The first-order valence-electron chi connectivity index (χ1n) is 13.4. The van der Waals surface area contributed by atoms with Crippen LogP contribution in [0.4, 0.5) is 4.79 Å². The molecule has 0 aromatic heterocycles. The SMILES string of the molecule is C[C@H](OCc1ccccc1)[C@@H](NC(=O)OCC1c2ccccc2-c2ccccc21)C(=O)N[C@H](C(=O)O)C(C)(C)C. The van der Waals surface area contributed by atoms with Gasteiger partial charge in [0.2, 0.25) is 5.91 Å². The van der Waals surface area contributed by atoms with Crippen molar-refractivity contribution in [2.75, 3.05) is 6.61 Å². The molecule has 4 rings (SSSR count). The number of carbonyl (C=O) groups is 3. The predicted octanol–water partition coefficient (Wildman–Crippen LogP) is 5.11. The van der Waals surface area contributed by atoms with E-state index in [4.69, 9.17) is 9.47 Å². The van der Waals surface area contributed by atoms with Crippen molar-refractivity contribution >= 4 is 18.0 Å². The normalized spacial score (nSPS) is 14.8. The van der Waals surface area contributed by atoms with E-state index >= 15 is 0 Å². The Morgan fingerprint density at radius 2 is 1.40 bits per heavy atom. The molecule has 0 aliphatic heterocycles. The third-order valence-corrected chi connectivity index (χ3v) is 7.12. The predicted molar refractivity (Wildman–Crippen MR) is 152 cm³/mol. The summed E-state index contributed by atoms with van der Waals surface area (Å²) in [4.78, 5) is 38.3. The van der Waals surface area contributed by atoms with Crippen LogP contribution in [-0.2, 0) is 25.7 Å². The number of benzene rings is 3. The summed E-state index contributed by atoms with van der Waals surface area (Å²) in [6.07, 6.45) is -1.57. The molecule has 0 unspecified atom stereocenters. The molecule has 3 aromatic rings. The fourth-order valence-corrected chi connectivity index (χ4v) is 4.94. The Morgan fingerprint density at radius 3 is 1.95 bits per heavy atom. The number of carboxylic acids is 1. The van der Waals surface area contributed by atoms with Crippen LogP contribution in [0.5, 0.6) is 0 Å². The summed E-state index contributed by atoms with van der Waals surface area (Å²) in [6.45, 7) is 7.09. The number of amides is 2. The van der Waals surface area contributed by atoms with Gasteiger partial charge in [0.1, 0.15) is 18.7 Å². The smallest absolute Gasteiger partial charge is 0.407 e. The van der Waals surface area contributed by atoms with Gasteiger partial charge in [-0.2, -0.15) is 0 Å². The lowest BCUT2D eigenvalue weighted by Crippen LogP contribution is -2.58. The van der Waals surface area contributed by atoms with E-state index in [-0.39, 0.29) is 19.1 Å². The minimum Gasteiger partial charge on any atom is -0.480 e. The van der Waals surface area contributed by atoms with E-state index in [2.05, 4.69) is 22.8 Å². The Kier molecular flexibility index (Phi) is 8.90. The highest BCUT2D eigenvalue weighted by molar-refractivity contribution is 5.90. The fourth-order valence-electron chi connectivity index (χ4n) is 4.94. The number of alkyl carbamates (subject to hydrolysis) is 1. The number of rotatable bonds is 10. The molecule has 1 aliphatic rings. The van der Waals surface area contributed by atoms with Crippen LogP contribution in [0.25, 0.3) is 11.1 Å². The van der Waals surface area contributed by atoms with Crippen molar-refractivity contribution in [1.29, 1.82) is 0 Å². The minimum absolute atomic E-state index is 0.0766. The fraction of sp³-hybridized carbons (Fsp3) is 0.344. The van der Waals surface area contributed by atoms with E-state index in [1.165, 1.54) is 0 Å². The number of fused-ring (bicyclic) bond motifs is 3. The zero-order valence-corrected chi connectivity index (χ0v) is 23.2. The number of ether oxygens (including phenoxy) is 2. The third kappa shape index (κ3) is 6.69. The first-order chi connectivity index (χ1) is 19.1. The largest absolute Gasteiger partial charge is 0.480 e. The molecule has 8 heteroatoms. The second-order valence-corrected chi connectivity index (χ2v) is 11.1. The molecule has 0 radical (unpaired) electrons. The van der Waals surface area contributed by atoms with Crippen molar-refractivity contribution in [3.8, 4) is 11.1 Å². The molecule has 40 heavy (non-hydrogen) atoms. The Hall–Kier alpha value is -4.17. The van der Waals surface area contributed by atoms with Crippen LogP contribution >= 0.6 is 0 Å². The van der Waals surface area contributed by atoms with Gasteiger partial charge in [0, 0.05) is 5.92 Å². The average molecular weight is 545 g/mol. The van der Waals surface area contributed by atoms with Crippen molar-refractivity contribution in [3.05, 3.63) is 95.6 Å². The van der Waals surface area contributed by atoms with Gasteiger partial charge in [-0.3, -0.25) is 4.79 Å². The molecule has 0 spiro atoms. The molecule has 8 nitrogen and oxygen atoms in total. The molecule has 2 amide bonds. The maximum absolute atomic E-state index is 13.4. The van der Waals surface area contributed by atoms with Gasteiger partial charge < -0.3 is 25.2 Å². The molecular formula is C32H36N2O6. The number of aliphatic carboxylic acids is 1. The molecule has 210 valence electrons. The molecular weight excluding hydrogens is 508 g/mol. The van der Waals surface area contributed by atoms with E-state index in [1.54, 1.807) is 27.7 Å². The summed E-state index contributed by atoms with van der Waals surface area (Å²) in [5.41, 5.74) is 4.49. The van der Waals surface area contributed by atoms with Crippen molar-refractivity contribution < 1.29 is 29.0 Å². The Balaban J connectivity index is 1.48. The summed E-state index contributed by atoms with van der Waals surface area (Å²) < 4.78 is 11.6. The maximum atomic E-state index is 13.4. The van der Waals surface area contributed by atoms with Gasteiger partial charge >= 0.3 is 12.1 Å². The molecule has 3 aromatic carbocycles. The topological polar surface area (TPSA) is 114 Å². The van der Waals surface area contributed by atoms with Gasteiger partial charge in [0.15, 0.2) is 0 Å².